The van der Waals surface area contributed by atoms with E-state index in [1.807, 2.05) is 13.8 Å². The Hall–Kier alpha value is -1.69. The molecule has 6 heteroatoms. The summed E-state index contributed by atoms with van der Waals surface area (Å²) in [5.74, 6) is 0.416. The minimum atomic E-state index is -0.211. The first-order valence-corrected chi connectivity index (χ1v) is 5.78. The Morgan fingerprint density at radius 3 is 2.71 bits per heavy atom. The van der Waals surface area contributed by atoms with Gasteiger partial charge in [0.15, 0.2) is 5.69 Å². The summed E-state index contributed by atoms with van der Waals surface area (Å²) in [6.07, 6.45) is 0.900. The van der Waals surface area contributed by atoms with Crippen molar-refractivity contribution in [1.82, 2.24) is 15.5 Å². The predicted octanol–water partition coefficient (Wildman–Crippen LogP) is 0.375. The molecule has 1 amide bonds. The van der Waals surface area contributed by atoms with Crippen LogP contribution in [0.2, 0.25) is 0 Å². The maximum atomic E-state index is 11.4. The minimum Gasteiger partial charge on any atom is -0.367 e. The highest BCUT2D eigenvalue weighted by Crippen LogP contribution is 2.02. The third-order valence-electron chi connectivity index (χ3n) is 2.30. The van der Waals surface area contributed by atoms with Gasteiger partial charge in [-0.2, -0.15) is 0 Å². The van der Waals surface area contributed by atoms with Gasteiger partial charge in [0.05, 0.1) is 0 Å². The average molecular weight is 237 g/mol. The monoisotopic (exact) mass is 237 g/mol. The van der Waals surface area contributed by atoms with Crippen molar-refractivity contribution in [3.05, 3.63) is 17.8 Å². The number of nitrogens with zero attached hydrogens (tertiary/aromatic N) is 2. The Morgan fingerprint density at radius 1 is 1.41 bits per heavy atom. The molecule has 1 unspecified atom stereocenters. The summed E-state index contributed by atoms with van der Waals surface area (Å²) in [6, 6.07) is 3.46. The van der Waals surface area contributed by atoms with Crippen LogP contribution in [-0.2, 0) is 0 Å². The Bertz CT molecular complexity index is 351. The van der Waals surface area contributed by atoms with Crippen LogP contribution in [0.25, 0.3) is 0 Å². The summed E-state index contributed by atoms with van der Waals surface area (Å²) in [4.78, 5) is 11.4. The lowest BCUT2D eigenvalue weighted by Gasteiger charge is -2.10. The molecule has 0 saturated heterocycles. The fraction of sp³-hybridized carbons (Fsp3) is 0.545. The Balaban J connectivity index is 2.53. The molecule has 1 heterocycles. The Labute approximate surface area is 101 Å². The van der Waals surface area contributed by atoms with Gasteiger partial charge in [0.1, 0.15) is 5.82 Å². The fourth-order valence-corrected chi connectivity index (χ4v) is 1.18. The summed E-state index contributed by atoms with van der Waals surface area (Å²) in [6.45, 7) is 5.10. The molecule has 1 aromatic heterocycles. The zero-order chi connectivity index (χ0) is 12.7. The van der Waals surface area contributed by atoms with Gasteiger partial charge in [-0.15, -0.1) is 10.2 Å². The fourth-order valence-electron chi connectivity index (χ4n) is 1.18. The molecule has 1 atom stereocenters. The number of hydrogen-bond donors (Lipinski definition) is 3. The first-order valence-electron chi connectivity index (χ1n) is 5.78. The summed E-state index contributed by atoms with van der Waals surface area (Å²) in [7, 11) is 0. The van der Waals surface area contributed by atoms with Crippen LogP contribution < -0.4 is 16.4 Å². The number of carbonyl (C=O) groups excluding carboxylic acids is 1. The van der Waals surface area contributed by atoms with E-state index in [1.165, 1.54) is 0 Å². The molecule has 17 heavy (non-hydrogen) atoms. The Kier molecular flexibility index (Phi) is 5.35. The molecule has 0 aliphatic rings. The number of carbonyl (C=O) groups is 1. The molecule has 4 N–H and O–H groups in total. The van der Waals surface area contributed by atoms with E-state index in [-0.39, 0.29) is 11.9 Å². The second-order valence-electron chi connectivity index (χ2n) is 3.71. The normalized spacial score (nSPS) is 11.9. The molecule has 94 valence electrons. The van der Waals surface area contributed by atoms with Crippen molar-refractivity contribution in [1.29, 1.82) is 0 Å². The number of hydrogen-bond acceptors (Lipinski definition) is 5. The molecule has 1 aromatic rings. The molecule has 0 aromatic carbocycles. The van der Waals surface area contributed by atoms with Crippen LogP contribution in [-0.4, -0.2) is 35.2 Å². The van der Waals surface area contributed by atoms with Crippen LogP contribution in [0.1, 0.15) is 30.8 Å². The van der Waals surface area contributed by atoms with Crippen LogP contribution in [0.5, 0.6) is 0 Å². The van der Waals surface area contributed by atoms with E-state index < -0.39 is 0 Å². The number of nitrogens with one attached hydrogen (secondary N) is 2. The summed E-state index contributed by atoms with van der Waals surface area (Å²) in [5, 5.41) is 13.5. The van der Waals surface area contributed by atoms with Crippen molar-refractivity contribution in [2.75, 3.05) is 18.4 Å². The molecule has 0 saturated carbocycles. The van der Waals surface area contributed by atoms with Crippen LogP contribution in [0.15, 0.2) is 12.1 Å². The molecular formula is C11H19N5O. The zero-order valence-corrected chi connectivity index (χ0v) is 10.2. The highest BCUT2D eigenvalue weighted by atomic mass is 16.1. The topological polar surface area (TPSA) is 92.9 Å². The van der Waals surface area contributed by atoms with E-state index in [9.17, 15) is 4.79 Å². The molecular weight excluding hydrogens is 218 g/mol. The van der Waals surface area contributed by atoms with Crippen molar-refractivity contribution >= 4 is 11.7 Å². The smallest absolute Gasteiger partial charge is 0.271 e. The maximum absolute atomic E-state index is 11.4. The molecule has 0 bridgehead atoms. The number of rotatable bonds is 6. The lowest BCUT2D eigenvalue weighted by atomic mass is 10.2. The quantitative estimate of drug-likeness (QED) is 0.665. The van der Waals surface area contributed by atoms with Gasteiger partial charge in [-0.05, 0) is 25.5 Å². The number of anilines is 1. The van der Waals surface area contributed by atoms with Crippen molar-refractivity contribution in [3.63, 3.8) is 0 Å². The highest BCUT2D eigenvalue weighted by Gasteiger charge is 2.06. The third kappa shape index (κ3) is 4.36. The minimum absolute atomic E-state index is 0.0971. The molecule has 0 fully saturated rings. The summed E-state index contributed by atoms with van der Waals surface area (Å²) < 4.78 is 0. The van der Waals surface area contributed by atoms with Gasteiger partial charge in [-0.25, -0.2) is 0 Å². The van der Waals surface area contributed by atoms with Gasteiger partial charge in [0.2, 0.25) is 0 Å². The van der Waals surface area contributed by atoms with Crippen LogP contribution in [0, 0.1) is 0 Å². The second-order valence-corrected chi connectivity index (χ2v) is 3.71. The van der Waals surface area contributed by atoms with Crippen molar-refractivity contribution in [2.24, 2.45) is 5.73 Å². The van der Waals surface area contributed by atoms with Gasteiger partial charge in [0.25, 0.3) is 5.91 Å². The SMILES string of the molecule is CCNC(=O)c1ccc(NCC(N)CC)nn1. The van der Waals surface area contributed by atoms with E-state index in [0.29, 0.717) is 24.6 Å². The molecule has 1 rings (SSSR count). The zero-order valence-electron chi connectivity index (χ0n) is 10.2. The molecule has 6 nitrogen and oxygen atoms in total. The predicted molar refractivity (Wildman–Crippen MR) is 66.8 cm³/mol. The summed E-state index contributed by atoms with van der Waals surface area (Å²) in [5.41, 5.74) is 6.08. The Morgan fingerprint density at radius 2 is 2.18 bits per heavy atom. The first kappa shape index (κ1) is 13.4. The average Bonchev–Trinajstić information content (AvgIpc) is 2.36. The van der Waals surface area contributed by atoms with Crippen LogP contribution in [0.3, 0.4) is 0 Å². The third-order valence-corrected chi connectivity index (χ3v) is 2.30. The lowest BCUT2D eigenvalue weighted by Crippen LogP contribution is -2.28. The van der Waals surface area contributed by atoms with Crippen LogP contribution >= 0.6 is 0 Å². The first-order chi connectivity index (χ1) is 8.17. The largest absolute Gasteiger partial charge is 0.367 e. The highest BCUT2D eigenvalue weighted by molar-refractivity contribution is 5.92. The van der Waals surface area contributed by atoms with Gasteiger partial charge < -0.3 is 16.4 Å². The second kappa shape index (κ2) is 6.80. The molecule has 0 radical (unpaired) electrons. The number of aromatic nitrogens is 2. The molecule has 0 aliphatic heterocycles. The van der Waals surface area contributed by atoms with Gasteiger partial charge in [0, 0.05) is 19.1 Å². The van der Waals surface area contributed by atoms with Gasteiger partial charge in [-0.3, -0.25) is 4.79 Å². The van der Waals surface area contributed by atoms with Crippen LogP contribution in [0.4, 0.5) is 5.82 Å². The van der Waals surface area contributed by atoms with Crippen molar-refractivity contribution in [3.8, 4) is 0 Å². The van der Waals surface area contributed by atoms with E-state index in [0.717, 1.165) is 6.42 Å². The van der Waals surface area contributed by atoms with Gasteiger partial charge >= 0.3 is 0 Å². The van der Waals surface area contributed by atoms with Crippen molar-refractivity contribution < 1.29 is 4.79 Å². The van der Waals surface area contributed by atoms with Crippen molar-refractivity contribution in [2.45, 2.75) is 26.3 Å². The molecule has 0 spiro atoms. The van der Waals surface area contributed by atoms with E-state index >= 15 is 0 Å². The van der Waals surface area contributed by atoms with E-state index in [1.54, 1.807) is 12.1 Å². The maximum Gasteiger partial charge on any atom is 0.271 e. The van der Waals surface area contributed by atoms with E-state index in [2.05, 4.69) is 20.8 Å². The number of nitrogens with two attached hydrogens (primary N) is 1. The lowest BCUT2D eigenvalue weighted by molar-refractivity contribution is 0.0950. The standard InChI is InChI=1S/C11H19N5O/c1-3-8(12)7-14-10-6-5-9(15-16-10)11(17)13-4-2/h5-6,8H,3-4,7,12H2,1-2H3,(H,13,17)(H,14,16). The molecule has 0 aliphatic carbocycles. The summed E-state index contributed by atoms with van der Waals surface area (Å²) >= 11 is 0. The number of amides is 1. The van der Waals surface area contributed by atoms with E-state index in [4.69, 9.17) is 5.73 Å². The van der Waals surface area contributed by atoms with Gasteiger partial charge in [-0.1, -0.05) is 6.92 Å².